The summed E-state index contributed by atoms with van der Waals surface area (Å²) in [5.74, 6) is 1.63. The number of ether oxygens (including phenoxy) is 1. The smallest absolute Gasteiger partial charge is 0.118 e. The quantitative estimate of drug-likeness (QED) is 0.807. The number of aliphatic hydroxyl groups is 1. The van der Waals surface area contributed by atoms with Crippen molar-refractivity contribution >= 4 is 11.8 Å². The molecule has 0 bridgehead atoms. The van der Waals surface area contributed by atoms with Gasteiger partial charge in [-0.25, -0.2) is 0 Å². The zero-order valence-electron chi connectivity index (χ0n) is 12.3. The monoisotopic (exact) mass is 283 g/mol. The molecule has 0 spiro atoms. The van der Waals surface area contributed by atoms with Gasteiger partial charge in [-0.05, 0) is 17.7 Å². The molecule has 108 valence electrons. The molecular weight excluding hydrogens is 258 g/mol. The van der Waals surface area contributed by atoms with E-state index in [-0.39, 0.29) is 10.9 Å². The number of thioether (sulfide) groups is 1. The first-order chi connectivity index (χ1) is 8.90. The molecule has 19 heavy (non-hydrogen) atoms. The summed E-state index contributed by atoms with van der Waals surface area (Å²) in [7, 11) is 1.66. The van der Waals surface area contributed by atoms with E-state index in [0.29, 0.717) is 6.54 Å². The van der Waals surface area contributed by atoms with E-state index < -0.39 is 0 Å². The molecule has 0 heterocycles. The van der Waals surface area contributed by atoms with Crippen LogP contribution in [0.15, 0.2) is 24.3 Å². The Balaban J connectivity index is 2.22. The largest absolute Gasteiger partial charge is 0.497 e. The highest BCUT2D eigenvalue weighted by Gasteiger charge is 2.13. The lowest BCUT2D eigenvalue weighted by molar-refractivity contribution is 0.195. The van der Waals surface area contributed by atoms with Gasteiger partial charge in [-0.1, -0.05) is 32.9 Å². The maximum Gasteiger partial charge on any atom is 0.118 e. The maximum atomic E-state index is 9.87. The first-order valence-corrected chi connectivity index (χ1v) is 7.55. The Morgan fingerprint density at radius 3 is 2.42 bits per heavy atom. The average Bonchev–Trinajstić information content (AvgIpc) is 2.36. The van der Waals surface area contributed by atoms with Crippen LogP contribution in [-0.2, 0) is 6.54 Å². The number of nitrogens with one attached hydrogen (secondary N) is 1. The van der Waals surface area contributed by atoms with Crippen LogP contribution in [0.25, 0.3) is 0 Å². The Kier molecular flexibility index (Phi) is 6.69. The molecule has 0 aromatic heterocycles. The molecule has 1 unspecified atom stereocenters. The third-order valence-electron chi connectivity index (χ3n) is 2.58. The van der Waals surface area contributed by atoms with Crippen LogP contribution in [0.1, 0.15) is 26.3 Å². The standard InChI is InChI=1S/C15H25NO2S/c1-15(2,3)19-11-13(17)10-16-9-12-5-7-14(18-4)8-6-12/h5-8,13,16-17H,9-11H2,1-4H3. The van der Waals surface area contributed by atoms with Crippen LogP contribution < -0.4 is 10.1 Å². The minimum absolute atomic E-state index is 0.205. The fourth-order valence-corrected chi connectivity index (χ4v) is 2.34. The second-order valence-corrected chi connectivity index (χ2v) is 7.40. The summed E-state index contributed by atoms with van der Waals surface area (Å²) in [6, 6.07) is 7.95. The van der Waals surface area contributed by atoms with E-state index in [2.05, 4.69) is 26.1 Å². The molecule has 1 aromatic carbocycles. The summed E-state index contributed by atoms with van der Waals surface area (Å²) < 4.78 is 5.32. The van der Waals surface area contributed by atoms with Gasteiger partial charge in [0.15, 0.2) is 0 Å². The van der Waals surface area contributed by atoms with E-state index >= 15 is 0 Å². The van der Waals surface area contributed by atoms with E-state index in [1.807, 2.05) is 24.3 Å². The van der Waals surface area contributed by atoms with Crippen LogP contribution in [0.4, 0.5) is 0 Å². The van der Waals surface area contributed by atoms with Crippen molar-refractivity contribution in [3.8, 4) is 5.75 Å². The van der Waals surface area contributed by atoms with Crippen molar-refractivity contribution in [3.63, 3.8) is 0 Å². The summed E-state index contributed by atoms with van der Waals surface area (Å²) in [4.78, 5) is 0. The van der Waals surface area contributed by atoms with Gasteiger partial charge in [0.05, 0.1) is 13.2 Å². The fraction of sp³-hybridized carbons (Fsp3) is 0.600. The van der Waals surface area contributed by atoms with Crippen molar-refractivity contribution in [2.75, 3.05) is 19.4 Å². The molecule has 1 atom stereocenters. The van der Waals surface area contributed by atoms with Gasteiger partial charge in [-0.2, -0.15) is 11.8 Å². The van der Waals surface area contributed by atoms with E-state index in [9.17, 15) is 5.11 Å². The normalized spacial score (nSPS) is 13.3. The number of hydrogen-bond donors (Lipinski definition) is 2. The van der Waals surface area contributed by atoms with Crippen LogP contribution >= 0.6 is 11.8 Å². The molecule has 0 radical (unpaired) electrons. The summed E-state index contributed by atoms with van der Waals surface area (Å²) in [6.45, 7) is 7.87. The van der Waals surface area contributed by atoms with Gasteiger partial charge in [0.2, 0.25) is 0 Å². The fourth-order valence-electron chi connectivity index (χ4n) is 1.53. The minimum atomic E-state index is -0.303. The first kappa shape index (κ1) is 16.3. The van der Waals surface area contributed by atoms with Crippen LogP contribution in [-0.4, -0.2) is 35.4 Å². The van der Waals surface area contributed by atoms with Gasteiger partial charge in [0.25, 0.3) is 0 Å². The molecule has 0 fully saturated rings. The molecule has 0 saturated heterocycles. The highest BCUT2D eigenvalue weighted by molar-refractivity contribution is 8.00. The number of aliphatic hydroxyl groups excluding tert-OH is 1. The van der Waals surface area contributed by atoms with Crippen LogP contribution in [0, 0.1) is 0 Å². The van der Waals surface area contributed by atoms with Gasteiger partial charge < -0.3 is 15.2 Å². The first-order valence-electron chi connectivity index (χ1n) is 6.56. The molecule has 2 N–H and O–H groups in total. The summed E-state index contributed by atoms with van der Waals surface area (Å²) in [5.41, 5.74) is 1.19. The van der Waals surface area contributed by atoms with Crippen molar-refractivity contribution in [2.24, 2.45) is 0 Å². The van der Waals surface area contributed by atoms with E-state index in [4.69, 9.17) is 4.74 Å². The summed E-state index contributed by atoms with van der Waals surface area (Å²) in [6.07, 6.45) is -0.303. The summed E-state index contributed by atoms with van der Waals surface area (Å²) in [5, 5.41) is 13.1. The van der Waals surface area contributed by atoms with Gasteiger partial charge >= 0.3 is 0 Å². The van der Waals surface area contributed by atoms with Gasteiger partial charge in [0, 0.05) is 23.6 Å². The van der Waals surface area contributed by atoms with Crippen molar-refractivity contribution in [1.82, 2.24) is 5.32 Å². The van der Waals surface area contributed by atoms with Gasteiger partial charge in [0.1, 0.15) is 5.75 Å². The Hall–Kier alpha value is -0.710. The number of rotatable bonds is 7. The molecule has 0 aliphatic heterocycles. The van der Waals surface area contributed by atoms with Crippen LogP contribution in [0.5, 0.6) is 5.75 Å². The second-order valence-electron chi connectivity index (χ2n) is 5.56. The topological polar surface area (TPSA) is 41.5 Å². The zero-order valence-corrected chi connectivity index (χ0v) is 13.1. The number of hydrogen-bond acceptors (Lipinski definition) is 4. The summed E-state index contributed by atoms with van der Waals surface area (Å²) >= 11 is 1.79. The average molecular weight is 283 g/mol. The molecule has 1 aromatic rings. The lowest BCUT2D eigenvalue weighted by Crippen LogP contribution is -2.29. The van der Waals surface area contributed by atoms with E-state index in [1.54, 1.807) is 18.9 Å². The second kappa shape index (κ2) is 7.78. The van der Waals surface area contributed by atoms with Crippen LogP contribution in [0.2, 0.25) is 0 Å². The molecule has 0 aliphatic rings. The van der Waals surface area contributed by atoms with Crippen molar-refractivity contribution in [1.29, 1.82) is 0 Å². The predicted molar refractivity (Wildman–Crippen MR) is 82.9 cm³/mol. The van der Waals surface area contributed by atoms with Gasteiger partial charge in [-0.3, -0.25) is 0 Å². The Morgan fingerprint density at radius 1 is 1.26 bits per heavy atom. The van der Waals surface area contributed by atoms with Crippen molar-refractivity contribution in [2.45, 2.75) is 38.2 Å². The molecule has 0 aliphatic carbocycles. The lowest BCUT2D eigenvalue weighted by Gasteiger charge is -2.20. The Bertz CT molecular complexity index is 359. The van der Waals surface area contributed by atoms with Crippen LogP contribution in [0.3, 0.4) is 0 Å². The third kappa shape index (κ3) is 7.45. The molecule has 3 nitrogen and oxygen atoms in total. The SMILES string of the molecule is COc1ccc(CNCC(O)CSC(C)(C)C)cc1. The predicted octanol–water partition coefficient (Wildman–Crippen LogP) is 2.68. The third-order valence-corrected chi connectivity index (χ3v) is 3.99. The molecule has 4 heteroatoms. The molecular formula is C15H25NO2S. The molecule has 1 rings (SSSR count). The Morgan fingerprint density at radius 2 is 1.89 bits per heavy atom. The van der Waals surface area contributed by atoms with E-state index in [0.717, 1.165) is 18.0 Å². The van der Waals surface area contributed by atoms with Crippen molar-refractivity contribution < 1.29 is 9.84 Å². The highest BCUT2D eigenvalue weighted by Crippen LogP contribution is 2.23. The Labute approximate surface area is 120 Å². The lowest BCUT2D eigenvalue weighted by atomic mass is 10.2. The van der Waals surface area contributed by atoms with Crippen molar-refractivity contribution in [3.05, 3.63) is 29.8 Å². The van der Waals surface area contributed by atoms with Gasteiger partial charge in [-0.15, -0.1) is 0 Å². The molecule has 0 amide bonds. The van der Waals surface area contributed by atoms with E-state index in [1.165, 1.54) is 5.56 Å². The maximum absolute atomic E-state index is 9.87. The number of methoxy groups -OCH3 is 1. The number of benzene rings is 1. The minimum Gasteiger partial charge on any atom is -0.497 e. The highest BCUT2D eigenvalue weighted by atomic mass is 32.2. The molecule has 0 saturated carbocycles. The zero-order chi connectivity index (χ0) is 14.3.